The second-order valence-corrected chi connectivity index (χ2v) is 7.88. The van der Waals surface area contributed by atoms with Crippen LogP contribution in [-0.2, 0) is 5.41 Å². The van der Waals surface area contributed by atoms with Crippen molar-refractivity contribution in [3.8, 4) is 16.9 Å². The van der Waals surface area contributed by atoms with Crippen LogP contribution < -0.4 is 5.43 Å². The van der Waals surface area contributed by atoms with Gasteiger partial charge in [-0.25, -0.2) is 0 Å². The SMILES string of the molecule is CC(C)(C)c1ccccc1-n1c(-c2ccccc2)cc(=O)c2ccccc21. The Kier molecular flexibility index (Phi) is 4.19. The maximum atomic E-state index is 12.8. The molecule has 0 spiro atoms. The van der Waals surface area contributed by atoms with E-state index >= 15 is 0 Å². The largest absolute Gasteiger partial charge is 0.309 e. The molecule has 27 heavy (non-hydrogen) atoms. The molecule has 1 heterocycles. The molecule has 0 bridgehead atoms. The maximum absolute atomic E-state index is 12.8. The first kappa shape index (κ1) is 17.3. The Morgan fingerprint density at radius 3 is 2.11 bits per heavy atom. The summed E-state index contributed by atoms with van der Waals surface area (Å²) in [5.74, 6) is 0. The van der Waals surface area contributed by atoms with E-state index in [1.807, 2.05) is 42.5 Å². The minimum absolute atomic E-state index is 0.0191. The summed E-state index contributed by atoms with van der Waals surface area (Å²) in [5.41, 5.74) is 5.26. The standard InChI is InChI=1S/C25H23NO/c1-25(2,3)20-14-8-10-16-22(20)26-21-15-9-7-13-19(21)24(27)17-23(26)18-11-5-4-6-12-18/h4-17H,1-3H3. The van der Waals surface area contributed by atoms with Crippen molar-refractivity contribution in [1.29, 1.82) is 0 Å². The quantitative estimate of drug-likeness (QED) is 0.436. The van der Waals surface area contributed by atoms with Gasteiger partial charge in [0.1, 0.15) is 0 Å². The van der Waals surface area contributed by atoms with Crippen LogP contribution in [0.15, 0.2) is 89.7 Å². The van der Waals surface area contributed by atoms with Crippen LogP contribution in [0.1, 0.15) is 26.3 Å². The van der Waals surface area contributed by atoms with Crippen molar-refractivity contribution in [3.63, 3.8) is 0 Å². The van der Waals surface area contributed by atoms with E-state index in [0.717, 1.165) is 27.8 Å². The predicted octanol–water partition coefficient (Wildman–Crippen LogP) is 5.96. The minimum atomic E-state index is -0.0191. The highest BCUT2D eigenvalue weighted by atomic mass is 16.1. The van der Waals surface area contributed by atoms with Gasteiger partial charge >= 0.3 is 0 Å². The molecule has 0 saturated heterocycles. The molecule has 0 fully saturated rings. The van der Waals surface area contributed by atoms with Gasteiger partial charge in [0.25, 0.3) is 0 Å². The van der Waals surface area contributed by atoms with Crippen molar-refractivity contribution in [3.05, 3.63) is 101 Å². The molecule has 0 aliphatic heterocycles. The lowest BCUT2D eigenvalue weighted by molar-refractivity contribution is 0.587. The third-order valence-corrected chi connectivity index (χ3v) is 4.94. The lowest BCUT2D eigenvalue weighted by Gasteiger charge is -2.26. The van der Waals surface area contributed by atoms with Gasteiger partial charge in [-0.3, -0.25) is 4.79 Å². The van der Waals surface area contributed by atoms with Crippen LogP contribution in [0.3, 0.4) is 0 Å². The van der Waals surface area contributed by atoms with Crippen molar-refractivity contribution >= 4 is 10.9 Å². The van der Waals surface area contributed by atoms with Crippen LogP contribution in [0.25, 0.3) is 27.8 Å². The molecule has 0 unspecified atom stereocenters. The van der Waals surface area contributed by atoms with Gasteiger partial charge in [0.2, 0.25) is 0 Å². The Bertz CT molecular complexity index is 1160. The molecule has 4 rings (SSSR count). The molecule has 0 amide bonds. The van der Waals surface area contributed by atoms with E-state index in [9.17, 15) is 4.79 Å². The average molecular weight is 353 g/mol. The molecule has 0 N–H and O–H groups in total. The molecule has 0 aliphatic carbocycles. The summed E-state index contributed by atoms with van der Waals surface area (Å²) in [6.45, 7) is 6.66. The Balaban J connectivity index is 2.18. The number of hydrogen-bond acceptors (Lipinski definition) is 1. The highest BCUT2D eigenvalue weighted by molar-refractivity contribution is 5.85. The Hall–Kier alpha value is -3.13. The van der Waals surface area contributed by atoms with Crippen molar-refractivity contribution in [2.75, 3.05) is 0 Å². The summed E-state index contributed by atoms with van der Waals surface area (Å²) >= 11 is 0. The first-order valence-corrected chi connectivity index (χ1v) is 9.27. The van der Waals surface area contributed by atoms with E-state index in [1.54, 1.807) is 6.07 Å². The van der Waals surface area contributed by atoms with E-state index in [1.165, 1.54) is 5.56 Å². The van der Waals surface area contributed by atoms with Gasteiger partial charge in [-0.1, -0.05) is 81.4 Å². The fraction of sp³-hybridized carbons (Fsp3) is 0.160. The zero-order chi connectivity index (χ0) is 19.0. The molecule has 0 radical (unpaired) electrons. The second kappa shape index (κ2) is 6.55. The van der Waals surface area contributed by atoms with Gasteiger partial charge in [0.15, 0.2) is 5.43 Å². The smallest absolute Gasteiger partial charge is 0.190 e. The van der Waals surface area contributed by atoms with Crippen molar-refractivity contribution < 1.29 is 0 Å². The number of rotatable bonds is 2. The summed E-state index contributed by atoms with van der Waals surface area (Å²) in [6.07, 6.45) is 0. The Labute approximate surface area is 159 Å². The van der Waals surface area contributed by atoms with Crippen LogP contribution in [0, 0.1) is 0 Å². The van der Waals surface area contributed by atoms with Gasteiger partial charge in [0, 0.05) is 17.1 Å². The van der Waals surface area contributed by atoms with Crippen LogP contribution >= 0.6 is 0 Å². The van der Waals surface area contributed by atoms with Crippen molar-refractivity contribution in [2.45, 2.75) is 26.2 Å². The lowest BCUT2D eigenvalue weighted by Crippen LogP contribution is -2.18. The lowest BCUT2D eigenvalue weighted by atomic mass is 9.85. The first-order chi connectivity index (χ1) is 13.0. The number of pyridine rings is 1. The molecule has 134 valence electrons. The van der Waals surface area contributed by atoms with Crippen LogP contribution in [0.5, 0.6) is 0 Å². The van der Waals surface area contributed by atoms with Gasteiger partial charge in [-0.05, 0) is 34.7 Å². The van der Waals surface area contributed by atoms with E-state index < -0.39 is 0 Å². The predicted molar refractivity (Wildman–Crippen MR) is 114 cm³/mol. The monoisotopic (exact) mass is 353 g/mol. The third kappa shape index (κ3) is 3.08. The molecule has 2 heteroatoms. The number of benzene rings is 3. The highest BCUT2D eigenvalue weighted by Crippen LogP contribution is 2.33. The molecule has 3 aromatic carbocycles. The number of nitrogens with zero attached hydrogens (tertiary/aromatic N) is 1. The fourth-order valence-electron chi connectivity index (χ4n) is 3.66. The second-order valence-electron chi connectivity index (χ2n) is 7.88. The summed E-state index contributed by atoms with van der Waals surface area (Å²) in [4.78, 5) is 12.8. The van der Waals surface area contributed by atoms with E-state index in [-0.39, 0.29) is 10.8 Å². The summed E-state index contributed by atoms with van der Waals surface area (Å²) in [5, 5.41) is 0.737. The van der Waals surface area contributed by atoms with Crippen LogP contribution in [-0.4, -0.2) is 4.57 Å². The van der Waals surface area contributed by atoms with E-state index in [4.69, 9.17) is 0 Å². The molecule has 0 atom stereocenters. The molecule has 4 aromatic rings. The van der Waals surface area contributed by atoms with Gasteiger partial charge in [-0.15, -0.1) is 0 Å². The number of para-hydroxylation sites is 2. The topological polar surface area (TPSA) is 22.0 Å². The van der Waals surface area contributed by atoms with Crippen LogP contribution in [0.2, 0.25) is 0 Å². The fourth-order valence-corrected chi connectivity index (χ4v) is 3.66. The average Bonchev–Trinajstić information content (AvgIpc) is 2.68. The minimum Gasteiger partial charge on any atom is -0.309 e. The van der Waals surface area contributed by atoms with E-state index in [2.05, 4.69) is 61.7 Å². The molecule has 2 nitrogen and oxygen atoms in total. The molecular formula is C25H23NO. The highest BCUT2D eigenvalue weighted by Gasteiger charge is 2.21. The van der Waals surface area contributed by atoms with Crippen molar-refractivity contribution in [1.82, 2.24) is 4.57 Å². The maximum Gasteiger partial charge on any atom is 0.190 e. The van der Waals surface area contributed by atoms with Gasteiger partial charge in [0.05, 0.1) is 11.2 Å². The normalized spacial score (nSPS) is 11.7. The summed E-state index contributed by atoms with van der Waals surface area (Å²) in [6, 6.07) is 28.2. The molecule has 0 aliphatic rings. The number of hydrogen-bond donors (Lipinski definition) is 0. The van der Waals surface area contributed by atoms with Crippen LogP contribution in [0.4, 0.5) is 0 Å². The van der Waals surface area contributed by atoms with Crippen molar-refractivity contribution in [2.24, 2.45) is 0 Å². The molecular weight excluding hydrogens is 330 g/mol. The first-order valence-electron chi connectivity index (χ1n) is 9.27. The Morgan fingerprint density at radius 2 is 1.37 bits per heavy atom. The number of aromatic nitrogens is 1. The summed E-state index contributed by atoms with van der Waals surface area (Å²) < 4.78 is 2.23. The van der Waals surface area contributed by atoms with E-state index in [0.29, 0.717) is 0 Å². The summed E-state index contributed by atoms with van der Waals surface area (Å²) in [7, 11) is 0. The third-order valence-electron chi connectivity index (χ3n) is 4.94. The molecule has 0 saturated carbocycles. The number of fused-ring (bicyclic) bond motifs is 1. The zero-order valence-corrected chi connectivity index (χ0v) is 15.9. The van der Waals surface area contributed by atoms with Gasteiger partial charge in [-0.2, -0.15) is 0 Å². The molecule has 1 aromatic heterocycles. The van der Waals surface area contributed by atoms with Gasteiger partial charge < -0.3 is 4.57 Å². The Morgan fingerprint density at radius 1 is 0.741 bits per heavy atom. The zero-order valence-electron chi connectivity index (χ0n) is 15.9.